The molecule has 4 heteroatoms. The lowest BCUT2D eigenvalue weighted by Crippen LogP contribution is -2.46. The highest BCUT2D eigenvalue weighted by Crippen LogP contribution is 2.44. The van der Waals surface area contributed by atoms with Gasteiger partial charge in [0.25, 0.3) is 0 Å². The van der Waals surface area contributed by atoms with Crippen LogP contribution in [0.25, 0.3) is 0 Å². The minimum absolute atomic E-state index is 0.450. The fourth-order valence-corrected chi connectivity index (χ4v) is 3.04. The normalized spacial score (nSPS) is 34.4. The van der Waals surface area contributed by atoms with Crippen molar-refractivity contribution in [2.75, 3.05) is 19.6 Å². The largest absolute Gasteiger partial charge is 0.353 e. The van der Waals surface area contributed by atoms with Gasteiger partial charge in [0, 0.05) is 37.8 Å². The van der Waals surface area contributed by atoms with E-state index in [2.05, 4.69) is 41.3 Å². The number of rotatable bonds is 4. The third-order valence-electron chi connectivity index (χ3n) is 4.76. The zero-order valence-electron chi connectivity index (χ0n) is 12.6. The number of nitrogens with zero attached hydrogens (tertiary/aromatic N) is 2. The molecule has 0 spiro atoms. The molecule has 0 aromatic rings. The molecule has 2 N–H and O–H groups in total. The molecule has 4 nitrogen and oxygen atoms in total. The second kappa shape index (κ2) is 4.97. The summed E-state index contributed by atoms with van der Waals surface area (Å²) in [5.74, 6) is 1.03. The Morgan fingerprint density at radius 3 is 2.58 bits per heavy atom. The molecule has 3 fully saturated rings. The SMILES string of the molecule is CCN=C(NC1CCN(C2CC2)C1)NC1CC1(C)C. The molecule has 3 rings (SSSR count). The first-order chi connectivity index (χ1) is 9.08. The minimum atomic E-state index is 0.450. The van der Waals surface area contributed by atoms with E-state index in [0.717, 1.165) is 18.5 Å². The molecular formula is C15H28N4. The summed E-state index contributed by atoms with van der Waals surface area (Å²) < 4.78 is 0. The summed E-state index contributed by atoms with van der Waals surface area (Å²) in [4.78, 5) is 7.24. The molecule has 19 heavy (non-hydrogen) atoms. The van der Waals surface area contributed by atoms with Crippen molar-refractivity contribution in [1.82, 2.24) is 15.5 Å². The molecule has 108 valence electrons. The molecule has 2 saturated carbocycles. The average Bonchev–Trinajstić information content (AvgIpc) is 3.23. The van der Waals surface area contributed by atoms with E-state index in [0.29, 0.717) is 17.5 Å². The van der Waals surface area contributed by atoms with Crippen molar-refractivity contribution in [1.29, 1.82) is 0 Å². The number of hydrogen-bond donors (Lipinski definition) is 2. The summed E-state index contributed by atoms with van der Waals surface area (Å²) in [5, 5.41) is 7.22. The van der Waals surface area contributed by atoms with Gasteiger partial charge in [-0.25, -0.2) is 0 Å². The third kappa shape index (κ3) is 3.22. The summed E-state index contributed by atoms with van der Waals surface area (Å²) in [5.41, 5.74) is 0.450. The molecule has 0 radical (unpaired) electrons. The third-order valence-corrected chi connectivity index (χ3v) is 4.76. The van der Waals surface area contributed by atoms with Gasteiger partial charge in [-0.15, -0.1) is 0 Å². The van der Waals surface area contributed by atoms with Crippen LogP contribution in [0.3, 0.4) is 0 Å². The zero-order valence-corrected chi connectivity index (χ0v) is 12.6. The van der Waals surface area contributed by atoms with Gasteiger partial charge in [-0.2, -0.15) is 0 Å². The van der Waals surface area contributed by atoms with Crippen molar-refractivity contribution in [2.24, 2.45) is 10.4 Å². The number of hydrogen-bond acceptors (Lipinski definition) is 2. The second-order valence-electron chi connectivity index (χ2n) is 7.07. The predicted molar refractivity (Wildman–Crippen MR) is 79.4 cm³/mol. The molecular weight excluding hydrogens is 236 g/mol. The Bertz CT molecular complexity index is 359. The van der Waals surface area contributed by atoms with E-state index in [1.807, 2.05) is 0 Å². The summed E-state index contributed by atoms with van der Waals surface area (Å²) in [6.07, 6.45) is 5.35. The number of nitrogens with one attached hydrogen (secondary N) is 2. The zero-order chi connectivity index (χ0) is 13.5. The second-order valence-corrected chi connectivity index (χ2v) is 7.07. The molecule has 0 amide bonds. The van der Waals surface area contributed by atoms with Crippen LogP contribution in [0.5, 0.6) is 0 Å². The van der Waals surface area contributed by atoms with Gasteiger partial charge < -0.3 is 10.6 Å². The average molecular weight is 264 g/mol. The van der Waals surface area contributed by atoms with Crippen LogP contribution in [-0.4, -0.2) is 48.6 Å². The van der Waals surface area contributed by atoms with Crippen molar-refractivity contribution in [3.05, 3.63) is 0 Å². The Balaban J connectivity index is 1.49. The Labute approximate surface area is 117 Å². The Kier molecular flexibility index (Phi) is 3.46. The molecule has 1 saturated heterocycles. The summed E-state index contributed by atoms with van der Waals surface area (Å²) in [6.45, 7) is 10.0. The van der Waals surface area contributed by atoms with Gasteiger partial charge in [-0.3, -0.25) is 9.89 Å². The van der Waals surface area contributed by atoms with Gasteiger partial charge in [0.05, 0.1) is 0 Å². The Morgan fingerprint density at radius 1 is 1.26 bits per heavy atom. The molecule has 0 aromatic heterocycles. The van der Waals surface area contributed by atoms with E-state index >= 15 is 0 Å². The molecule has 2 unspecified atom stereocenters. The van der Waals surface area contributed by atoms with E-state index < -0.39 is 0 Å². The van der Waals surface area contributed by atoms with Crippen LogP contribution >= 0.6 is 0 Å². The first kappa shape index (κ1) is 13.2. The summed E-state index contributed by atoms with van der Waals surface area (Å²) >= 11 is 0. The Morgan fingerprint density at radius 2 is 2.00 bits per heavy atom. The molecule has 2 aliphatic carbocycles. The van der Waals surface area contributed by atoms with Gasteiger partial charge in [0.2, 0.25) is 0 Å². The van der Waals surface area contributed by atoms with Crippen LogP contribution in [0.2, 0.25) is 0 Å². The Hall–Kier alpha value is -0.770. The van der Waals surface area contributed by atoms with Crippen molar-refractivity contribution < 1.29 is 0 Å². The summed E-state index contributed by atoms with van der Waals surface area (Å²) in [6, 6.07) is 2.08. The van der Waals surface area contributed by atoms with Gasteiger partial charge in [0.15, 0.2) is 5.96 Å². The van der Waals surface area contributed by atoms with E-state index in [9.17, 15) is 0 Å². The molecule has 2 atom stereocenters. The highest BCUT2D eigenvalue weighted by atomic mass is 15.3. The van der Waals surface area contributed by atoms with E-state index in [-0.39, 0.29) is 0 Å². The van der Waals surface area contributed by atoms with Crippen LogP contribution in [0, 0.1) is 5.41 Å². The lowest BCUT2D eigenvalue weighted by Gasteiger charge is -2.19. The number of aliphatic imine (C=N–C) groups is 1. The van der Waals surface area contributed by atoms with Crippen molar-refractivity contribution in [3.63, 3.8) is 0 Å². The van der Waals surface area contributed by atoms with Crippen molar-refractivity contribution in [2.45, 2.75) is 64.6 Å². The summed E-state index contributed by atoms with van der Waals surface area (Å²) in [7, 11) is 0. The van der Waals surface area contributed by atoms with Crippen LogP contribution in [0.4, 0.5) is 0 Å². The maximum absolute atomic E-state index is 4.59. The predicted octanol–water partition coefficient (Wildman–Crippen LogP) is 1.58. The fraction of sp³-hybridized carbons (Fsp3) is 0.933. The maximum atomic E-state index is 4.59. The van der Waals surface area contributed by atoms with Crippen LogP contribution in [0.1, 0.15) is 46.5 Å². The topological polar surface area (TPSA) is 39.7 Å². The van der Waals surface area contributed by atoms with Crippen LogP contribution in [-0.2, 0) is 0 Å². The van der Waals surface area contributed by atoms with Gasteiger partial charge in [0.1, 0.15) is 0 Å². The van der Waals surface area contributed by atoms with Crippen LogP contribution in [0.15, 0.2) is 4.99 Å². The number of likely N-dealkylation sites (tertiary alicyclic amines) is 1. The smallest absolute Gasteiger partial charge is 0.191 e. The fourth-order valence-electron chi connectivity index (χ4n) is 3.04. The molecule has 0 aromatic carbocycles. The number of guanidine groups is 1. The molecule has 1 aliphatic heterocycles. The standard InChI is InChI=1S/C15H28N4/c1-4-16-14(18-13-9-15(13,2)3)17-11-7-8-19(10-11)12-5-6-12/h11-13H,4-10H2,1-3H3,(H2,16,17,18). The van der Waals surface area contributed by atoms with E-state index in [1.54, 1.807) is 0 Å². The first-order valence-electron chi connectivity index (χ1n) is 7.90. The molecule has 3 aliphatic rings. The van der Waals surface area contributed by atoms with E-state index in [1.165, 1.54) is 38.8 Å². The highest BCUT2D eigenvalue weighted by Gasteiger charge is 2.46. The van der Waals surface area contributed by atoms with Crippen molar-refractivity contribution >= 4 is 5.96 Å². The monoisotopic (exact) mass is 264 g/mol. The van der Waals surface area contributed by atoms with Gasteiger partial charge in [-0.1, -0.05) is 13.8 Å². The quantitative estimate of drug-likeness (QED) is 0.598. The first-order valence-corrected chi connectivity index (χ1v) is 7.90. The van der Waals surface area contributed by atoms with Gasteiger partial charge >= 0.3 is 0 Å². The minimum Gasteiger partial charge on any atom is -0.353 e. The van der Waals surface area contributed by atoms with E-state index in [4.69, 9.17) is 0 Å². The lowest BCUT2D eigenvalue weighted by molar-refractivity contribution is 0.321. The molecule has 0 bridgehead atoms. The van der Waals surface area contributed by atoms with Crippen LogP contribution < -0.4 is 10.6 Å². The van der Waals surface area contributed by atoms with Crippen molar-refractivity contribution in [3.8, 4) is 0 Å². The highest BCUT2D eigenvalue weighted by molar-refractivity contribution is 5.81. The maximum Gasteiger partial charge on any atom is 0.191 e. The lowest BCUT2D eigenvalue weighted by atomic mass is 10.2. The van der Waals surface area contributed by atoms with Gasteiger partial charge in [-0.05, 0) is 38.0 Å². The molecule has 1 heterocycles.